The Kier molecular flexibility index (Phi) is 5.13. The van der Waals surface area contributed by atoms with Crippen molar-refractivity contribution in [3.05, 3.63) is 35.6 Å². The summed E-state index contributed by atoms with van der Waals surface area (Å²) in [4.78, 5) is 0. The molecule has 0 aliphatic carbocycles. The van der Waals surface area contributed by atoms with Gasteiger partial charge in [0.1, 0.15) is 5.82 Å². The summed E-state index contributed by atoms with van der Waals surface area (Å²) in [5, 5.41) is 0. The van der Waals surface area contributed by atoms with Crippen LogP contribution in [0.4, 0.5) is 4.39 Å². The second kappa shape index (κ2) is 6.15. The fraction of sp³-hybridized carbons (Fsp3) is 0.600. The van der Waals surface area contributed by atoms with Crippen LogP contribution < -0.4 is 5.73 Å². The fourth-order valence-corrected chi connectivity index (χ4v) is 2.38. The van der Waals surface area contributed by atoms with Crippen molar-refractivity contribution in [2.45, 2.75) is 52.0 Å². The molecule has 2 heteroatoms. The lowest BCUT2D eigenvalue weighted by Crippen LogP contribution is -2.40. The van der Waals surface area contributed by atoms with E-state index in [-0.39, 0.29) is 11.4 Å². The van der Waals surface area contributed by atoms with Crippen molar-refractivity contribution < 1.29 is 4.39 Å². The normalized spacial score (nSPS) is 14.9. The molecule has 1 rings (SSSR count). The van der Waals surface area contributed by atoms with Crippen LogP contribution in [0, 0.1) is 11.7 Å². The van der Waals surface area contributed by atoms with Crippen LogP contribution in [0.3, 0.4) is 0 Å². The predicted molar refractivity (Wildman–Crippen MR) is 71.4 cm³/mol. The summed E-state index contributed by atoms with van der Waals surface area (Å²) in [5.74, 6) is 0.498. The van der Waals surface area contributed by atoms with Crippen molar-refractivity contribution in [2.24, 2.45) is 11.7 Å². The molecule has 0 saturated carbocycles. The SMILES string of the molecule is CCC(CC)CC(C)(N)Cc1ccc(F)cc1. The van der Waals surface area contributed by atoms with Crippen LogP contribution in [-0.4, -0.2) is 5.54 Å². The number of benzene rings is 1. The molecule has 17 heavy (non-hydrogen) atoms. The lowest BCUT2D eigenvalue weighted by Gasteiger charge is -2.29. The van der Waals surface area contributed by atoms with Crippen molar-refractivity contribution >= 4 is 0 Å². The van der Waals surface area contributed by atoms with Gasteiger partial charge in [-0.1, -0.05) is 38.8 Å². The maximum atomic E-state index is 12.8. The van der Waals surface area contributed by atoms with Gasteiger partial charge in [-0.2, -0.15) is 0 Å². The molecule has 0 aromatic heterocycles. The van der Waals surface area contributed by atoms with Gasteiger partial charge in [0.2, 0.25) is 0 Å². The molecule has 1 aromatic rings. The number of rotatable bonds is 6. The molecule has 2 N–H and O–H groups in total. The third kappa shape index (κ3) is 4.86. The molecule has 0 bridgehead atoms. The molecular weight excluding hydrogens is 213 g/mol. The smallest absolute Gasteiger partial charge is 0.123 e. The monoisotopic (exact) mass is 237 g/mol. The molecule has 0 fully saturated rings. The topological polar surface area (TPSA) is 26.0 Å². The summed E-state index contributed by atoms with van der Waals surface area (Å²) in [6.07, 6.45) is 4.18. The molecule has 0 spiro atoms. The van der Waals surface area contributed by atoms with E-state index in [0.29, 0.717) is 5.92 Å². The molecule has 0 aliphatic rings. The summed E-state index contributed by atoms with van der Waals surface area (Å²) in [5.41, 5.74) is 7.26. The highest BCUT2D eigenvalue weighted by Gasteiger charge is 2.22. The highest BCUT2D eigenvalue weighted by atomic mass is 19.1. The van der Waals surface area contributed by atoms with E-state index >= 15 is 0 Å². The van der Waals surface area contributed by atoms with Crippen LogP contribution in [0.2, 0.25) is 0 Å². The van der Waals surface area contributed by atoms with Crippen LogP contribution >= 0.6 is 0 Å². The first-order chi connectivity index (χ1) is 7.96. The quantitative estimate of drug-likeness (QED) is 0.797. The fourth-order valence-electron chi connectivity index (χ4n) is 2.38. The zero-order valence-electron chi connectivity index (χ0n) is 11.2. The minimum Gasteiger partial charge on any atom is -0.325 e. The molecule has 0 saturated heterocycles. The summed E-state index contributed by atoms with van der Waals surface area (Å²) >= 11 is 0. The van der Waals surface area contributed by atoms with Gasteiger partial charge in [0.25, 0.3) is 0 Å². The van der Waals surface area contributed by atoms with Gasteiger partial charge >= 0.3 is 0 Å². The first-order valence-electron chi connectivity index (χ1n) is 6.50. The molecule has 1 aromatic carbocycles. The summed E-state index contributed by atoms with van der Waals surface area (Å²) in [7, 11) is 0. The standard InChI is InChI=1S/C15H24FN/c1-4-12(5-2)10-15(3,17)11-13-6-8-14(16)9-7-13/h6-9,12H,4-5,10-11,17H2,1-3H3. The van der Waals surface area contributed by atoms with Crippen molar-refractivity contribution in [3.8, 4) is 0 Å². The van der Waals surface area contributed by atoms with Gasteiger partial charge in [0.15, 0.2) is 0 Å². The third-order valence-electron chi connectivity index (χ3n) is 3.43. The van der Waals surface area contributed by atoms with Gasteiger partial charge < -0.3 is 5.73 Å². The molecule has 0 amide bonds. The lowest BCUT2D eigenvalue weighted by molar-refractivity contribution is 0.321. The number of halogens is 1. The van der Waals surface area contributed by atoms with Crippen molar-refractivity contribution in [1.82, 2.24) is 0 Å². The van der Waals surface area contributed by atoms with E-state index < -0.39 is 0 Å². The Morgan fingerprint density at radius 2 is 1.71 bits per heavy atom. The molecule has 1 atom stereocenters. The number of hydrogen-bond acceptors (Lipinski definition) is 1. The van der Waals surface area contributed by atoms with Crippen LogP contribution in [0.1, 0.15) is 45.6 Å². The largest absolute Gasteiger partial charge is 0.325 e. The molecule has 1 unspecified atom stereocenters. The third-order valence-corrected chi connectivity index (χ3v) is 3.43. The maximum absolute atomic E-state index is 12.8. The first-order valence-corrected chi connectivity index (χ1v) is 6.50. The molecule has 0 aliphatic heterocycles. The van der Waals surface area contributed by atoms with Crippen LogP contribution in [0.5, 0.6) is 0 Å². The number of hydrogen-bond donors (Lipinski definition) is 1. The van der Waals surface area contributed by atoms with E-state index in [1.807, 2.05) is 12.1 Å². The van der Waals surface area contributed by atoms with Crippen molar-refractivity contribution in [2.75, 3.05) is 0 Å². The minimum absolute atomic E-state index is 0.188. The molecular formula is C15H24FN. The van der Waals surface area contributed by atoms with E-state index in [2.05, 4.69) is 20.8 Å². The van der Waals surface area contributed by atoms with E-state index in [9.17, 15) is 4.39 Å². The Morgan fingerprint density at radius 3 is 2.18 bits per heavy atom. The van der Waals surface area contributed by atoms with Gasteiger partial charge in [0.05, 0.1) is 0 Å². The van der Waals surface area contributed by atoms with Crippen LogP contribution in [0.15, 0.2) is 24.3 Å². The molecule has 0 radical (unpaired) electrons. The average molecular weight is 237 g/mol. The van der Waals surface area contributed by atoms with Crippen LogP contribution in [0.25, 0.3) is 0 Å². The highest BCUT2D eigenvalue weighted by Crippen LogP contribution is 2.23. The van der Waals surface area contributed by atoms with Crippen LogP contribution in [-0.2, 0) is 6.42 Å². The summed E-state index contributed by atoms with van der Waals surface area (Å²) in [6, 6.07) is 6.66. The Hall–Kier alpha value is -0.890. The summed E-state index contributed by atoms with van der Waals surface area (Å²) in [6.45, 7) is 6.51. The number of nitrogens with two attached hydrogens (primary N) is 1. The zero-order chi connectivity index (χ0) is 12.9. The van der Waals surface area contributed by atoms with Gasteiger partial charge in [-0.25, -0.2) is 4.39 Å². The van der Waals surface area contributed by atoms with Crippen molar-refractivity contribution in [3.63, 3.8) is 0 Å². The van der Waals surface area contributed by atoms with Gasteiger partial charge in [0, 0.05) is 5.54 Å². The second-order valence-electron chi connectivity index (χ2n) is 5.34. The predicted octanol–water partition coefficient (Wildman–Crippen LogP) is 3.91. The van der Waals surface area contributed by atoms with E-state index in [1.54, 1.807) is 0 Å². The highest BCUT2D eigenvalue weighted by molar-refractivity contribution is 5.18. The second-order valence-corrected chi connectivity index (χ2v) is 5.34. The Labute approximate surface area is 104 Å². The maximum Gasteiger partial charge on any atom is 0.123 e. The zero-order valence-corrected chi connectivity index (χ0v) is 11.2. The van der Waals surface area contributed by atoms with Gasteiger partial charge in [-0.15, -0.1) is 0 Å². The molecule has 0 heterocycles. The Morgan fingerprint density at radius 1 is 1.18 bits per heavy atom. The minimum atomic E-state index is -0.200. The average Bonchev–Trinajstić information content (AvgIpc) is 2.29. The summed E-state index contributed by atoms with van der Waals surface area (Å²) < 4.78 is 12.8. The Balaban J connectivity index is 2.62. The molecule has 96 valence electrons. The Bertz CT molecular complexity index is 325. The van der Waals surface area contributed by atoms with Gasteiger partial charge in [-0.3, -0.25) is 0 Å². The van der Waals surface area contributed by atoms with E-state index in [0.717, 1.165) is 18.4 Å². The van der Waals surface area contributed by atoms with E-state index in [1.165, 1.54) is 25.0 Å². The molecule has 1 nitrogen and oxygen atoms in total. The van der Waals surface area contributed by atoms with E-state index in [4.69, 9.17) is 5.73 Å². The lowest BCUT2D eigenvalue weighted by atomic mass is 9.82. The van der Waals surface area contributed by atoms with Gasteiger partial charge in [-0.05, 0) is 43.4 Å². The first kappa shape index (κ1) is 14.2. The van der Waals surface area contributed by atoms with Crippen molar-refractivity contribution in [1.29, 1.82) is 0 Å².